The molecule has 1 aromatic heterocycles. The zero-order valence-corrected chi connectivity index (χ0v) is 16.4. The summed E-state index contributed by atoms with van der Waals surface area (Å²) >= 11 is 0.930. The molecular weight excluding hydrogens is 386 g/mol. The second-order valence-corrected chi connectivity index (χ2v) is 7.24. The first-order chi connectivity index (χ1) is 13.3. The van der Waals surface area contributed by atoms with Crippen LogP contribution in [0.3, 0.4) is 0 Å². The first kappa shape index (κ1) is 19.9. The molecule has 0 aliphatic carbocycles. The second-order valence-electron chi connectivity index (χ2n) is 6.23. The number of amides is 1. The number of thiazole rings is 1. The Morgan fingerprint density at radius 1 is 1.14 bits per heavy atom. The van der Waals surface area contributed by atoms with Gasteiger partial charge in [-0.2, -0.15) is 4.99 Å². The highest BCUT2D eigenvalue weighted by Crippen LogP contribution is 2.22. The lowest BCUT2D eigenvalue weighted by atomic mass is 10.1. The van der Waals surface area contributed by atoms with Gasteiger partial charge in [-0.15, -0.1) is 0 Å². The van der Waals surface area contributed by atoms with Crippen LogP contribution in [-0.4, -0.2) is 23.1 Å². The highest BCUT2D eigenvalue weighted by atomic mass is 32.1. The van der Waals surface area contributed by atoms with Gasteiger partial charge >= 0.3 is 5.97 Å². The number of esters is 1. The predicted molar refractivity (Wildman–Crippen MR) is 102 cm³/mol. The Hall–Kier alpha value is -2.87. The molecule has 2 aromatic carbocycles. The Bertz CT molecular complexity index is 1150. The Kier molecular flexibility index (Phi) is 5.69. The molecule has 0 radical (unpaired) electrons. The lowest BCUT2D eigenvalue weighted by Crippen LogP contribution is -2.23. The van der Waals surface area contributed by atoms with E-state index in [1.54, 1.807) is 19.1 Å². The molecule has 0 saturated heterocycles. The molecule has 0 saturated carbocycles. The first-order valence-electron chi connectivity index (χ1n) is 8.60. The summed E-state index contributed by atoms with van der Waals surface area (Å²) in [7, 11) is 0. The third kappa shape index (κ3) is 4.01. The molecule has 0 spiro atoms. The van der Waals surface area contributed by atoms with Crippen molar-refractivity contribution in [2.45, 2.75) is 27.3 Å². The molecule has 28 heavy (non-hydrogen) atoms. The number of benzene rings is 2. The quantitative estimate of drug-likeness (QED) is 0.620. The summed E-state index contributed by atoms with van der Waals surface area (Å²) in [5, 5.41) is 0. The van der Waals surface area contributed by atoms with Gasteiger partial charge in [0, 0.05) is 11.6 Å². The number of carbonyl (C=O) groups is 2. The molecule has 3 aromatic rings. The monoisotopic (exact) mass is 404 g/mol. The standard InChI is InChI=1S/C20H18F2N2O3S/c1-4-27-17(25)10-24-18-15(22)8-14(21)9-16(18)28-20(24)23-19(26)13-6-5-11(2)12(3)7-13/h5-9H,4,10H2,1-3H3. The average Bonchev–Trinajstić information content (AvgIpc) is 2.94. The molecule has 1 amide bonds. The summed E-state index contributed by atoms with van der Waals surface area (Å²) < 4.78 is 34.4. The maximum absolute atomic E-state index is 14.4. The molecule has 0 N–H and O–H groups in total. The van der Waals surface area contributed by atoms with E-state index in [4.69, 9.17) is 4.74 Å². The molecule has 5 nitrogen and oxygen atoms in total. The summed E-state index contributed by atoms with van der Waals surface area (Å²) in [5.74, 6) is -2.73. The normalized spacial score (nSPS) is 11.8. The average molecular weight is 404 g/mol. The van der Waals surface area contributed by atoms with Gasteiger partial charge in [0.2, 0.25) is 0 Å². The fourth-order valence-electron chi connectivity index (χ4n) is 2.72. The summed E-state index contributed by atoms with van der Waals surface area (Å²) in [6.45, 7) is 5.28. The third-order valence-electron chi connectivity index (χ3n) is 4.24. The van der Waals surface area contributed by atoms with Crippen LogP contribution in [0.2, 0.25) is 0 Å². The maximum Gasteiger partial charge on any atom is 0.326 e. The van der Waals surface area contributed by atoms with E-state index in [1.807, 2.05) is 19.9 Å². The van der Waals surface area contributed by atoms with E-state index in [2.05, 4.69) is 4.99 Å². The van der Waals surface area contributed by atoms with Crippen LogP contribution < -0.4 is 4.80 Å². The van der Waals surface area contributed by atoms with Crippen LogP contribution >= 0.6 is 11.3 Å². The lowest BCUT2D eigenvalue weighted by Gasteiger charge is -2.06. The predicted octanol–water partition coefficient (Wildman–Crippen LogP) is 3.90. The van der Waals surface area contributed by atoms with Crippen LogP contribution in [0.4, 0.5) is 8.78 Å². The highest BCUT2D eigenvalue weighted by molar-refractivity contribution is 7.16. The molecule has 0 unspecified atom stereocenters. The van der Waals surface area contributed by atoms with E-state index < -0.39 is 23.5 Å². The van der Waals surface area contributed by atoms with Crippen LogP contribution in [0, 0.1) is 25.5 Å². The van der Waals surface area contributed by atoms with Gasteiger partial charge in [0.15, 0.2) is 10.6 Å². The van der Waals surface area contributed by atoms with Crippen molar-refractivity contribution in [1.29, 1.82) is 0 Å². The van der Waals surface area contributed by atoms with E-state index >= 15 is 0 Å². The second kappa shape index (κ2) is 8.02. The van der Waals surface area contributed by atoms with Crippen LogP contribution in [0.1, 0.15) is 28.4 Å². The van der Waals surface area contributed by atoms with Gasteiger partial charge in [-0.1, -0.05) is 17.4 Å². The highest BCUT2D eigenvalue weighted by Gasteiger charge is 2.17. The van der Waals surface area contributed by atoms with Crippen LogP contribution in [0.15, 0.2) is 35.3 Å². The van der Waals surface area contributed by atoms with Crippen LogP contribution in [0.25, 0.3) is 10.2 Å². The van der Waals surface area contributed by atoms with Crippen molar-refractivity contribution in [2.24, 2.45) is 4.99 Å². The number of nitrogens with zero attached hydrogens (tertiary/aromatic N) is 2. The first-order valence-corrected chi connectivity index (χ1v) is 9.42. The number of carbonyl (C=O) groups excluding carboxylic acids is 2. The minimum Gasteiger partial charge on any atom is -0.465 e. The molecule has 0 aliphatic rings. The third-order valence-corrected chi connectivity index (χ3v) is 5.26. The summed E-state index contributed by atoms with van der Waals surface area (Å²) in [6, 6.07) is 7.04. The number of rotatable bonds is 4. The van der Waals surface area contributed by atoms with Gasteiger partial charge in [0.25, 0.3) is 5.91 Å². The van der Waals surface area contributed by atoms with Gasteiger partial charge in [-0.3, -0.25) is 9.59 Å². The number of aromatic nitrogens is 1. The molecule has 146 valence electrons. The molecule has 3 rings (SSSR count). The number of halogens is 2. The van der Waals surface area contributed by atoms with Crippen LogP contribution in [0.5, 0.6) is 0 Å². The van der Waals surface area contributed by atoms with E-state index in [0.717, 1.165) is 34.6 Å². The SMILES string of the molecule is CCOC(=O)Cn1c(=NC(=O)c2ccc(C)c(C)c2)sc2cc(F)cc(F)c21. The Balaban J connectivity index is 2.16. The maximum atomic E-state index is 14.4. The Labute approximate surface area is 163 Å². The molecule has 0 bridgehead atoms. The van der Waals surface area contributed by atoms with Crippen molar-refractivity contribution in [3.63, 3.8) is 0 Å². The smallest absolute Gasteiger partial charge is 0.326 e. The van der Waals surface area contributed by atoms with Gasteiger partial charge in [-0.25, -0.2) is 8.78 Å². The van der Waals surface area contributed by atoms with Crippen molar-refractivity contribution >= 4 is 33.4 Å². The van der Waals surface area contributed by atoms with Gasteiger partial charge in [0.05, 0.1) is 16.8 Å². The number of ether oxygens (including phenoxy) is 1. The number of fused-ring (bicyclic) bond motifs is 1. The van der Waals surface area contributed by atoms with E-state index in [9.17, 15) is 18.4 Å². The van der Waals surface area contributed by atoms with E-state index in [1.165, 1.54) is 4.57 Å². The van der Waals surface area contributed by atoms with Gasteiger partial charge in [0.1, 0.15) is 12.4 Å². The zero-order valence-electron chi connectivity index (χ0n) is 15.6. The van der Waals surface area contributed by atoms with Crippen molar-refractivity contribution in [2.75, 3.05) is 6.61 Å². The van der Waals surface area contributed by atoms with Crippen molar-refractivity contribution in [3.05, 3.63) is 63.5 Å². The Morgan fingerprint density at radius 2 is 1.89 bits per heavy atom. The summed E-state index contributed by atoms with van der Waals surface area (Å²) in [4.78, 5) is 28.7. The minimum atomic E-state index is -0.837. The molecule has 1 heterocycles. The topological polar surface area (TPSA) is 60.7 Å². The van der Waals surface area contributed by atoms with Gasteiger partial charge in [-0.05, 0) is 50.1 Å². The summed E-state index contributed by atoms with van der Waals surface area (Å²) in [6.07, 6.45) is 0. The van der Waals surface area contributed by atoms with Crippen molar-refractivity contribution in [3.8, 4) is 0 Å². The minimum absolute atomic E-state index is 0.00564. The largest absolute Gasteiger partial charge is 0.465 e. The van der Waals surface area contributed by atoms with E-state index in [-0.39, 0.29) is 28.2 Å². The van der Waals surface area contributed by atoms with Crippen molar-refractivity contribution < 1.29 is 23.1 Å². The molecule has 0 aliphatic heterocycles. The Morgan fingerprint density at radius 3 is 2.57 bits per heavy atom. The van der Waals surface area contributed by atoms with E-state index in [0.29, 0.717) is 5.56 Å². The molecule has 0 fully saturated rings. The lowest BCUT2D eigenvalue weighted by molar-refractivity contribution is -0.143. The number of aryl methyl sites for hydroxylation is 2. The summed E-state index contributed by atoms with van der Waals surface area (Å²) in [5.41, 5.74) is 2.35. The van der Waals surface area contributed by atoms with Crippen molar-refractivity contribution in [1.82, 2.24) is 4.57 Å². The van der Waals surface area contributed by atoms with Crippen LogP contribution in [-0.2, 0) is 16.1 Å². The fraction of sp³-hybridized carbons (Fsp3) is 0.250. The fourth-order valence-corrected chi connectivity index (χ4v) is 3.79. The molecule has 8 heteroatoms. The number of hydrogen-bond donors (Lipinski definition) is 0. The van der Waals surface area contributed by atoms with Gasteiger partial charge < -0.3 is 9.30 Å². The molecule has 0 atom stereocenters. The zero-order chi connectivity index (χ0) is 20.4. The molecular formula is C20H18F2N2O3S. The number of hydrogen-bond acceptors (Lipinski definition) is 4.